The second-order valence-electron chi connectivity index (χ2n) is 13.9. The van der Waals surface area contributed by atoms with E-state index in [9.17, 15) is 14.4 Å². The van der Waals surface area contributed by atoms with Crippen LogP contribution in [0.5, 0.6) is 0 Å². The van der Waals surface area contributed by atoms with Crippen molar-refractivity contribution in [3.63, 3.8) is 0 Å². The Labute approximate surface area is 291 Å². The first-order chi connectivity index (χ1) is 23.0. The average Bonchev–Trinajstić information content (AvgIpc) is 3.05. The highest BCUT2D eigenvalue weighted by molar-refractivity contribution is 5.80. The molecule has 0 rings (SSSR count). The molecular weight excluding hydrogens is 586 g/mol. The summed E-state index contributed by atoms with van der Waals surface area (Å²) in [5, 5.41) is 11.1. The minimum absolute atomic E-state index is 0.0188. The summed E-state index contributed by atoms with van der Waals surface area (Å²) in [5.41, 5.74) is 0. The van der Waals surface area contributed by atoms with Crippen LogP contribution in [0.4, 0.5) is 0 Å². The number of nitrogens with one attached hydrogen (secondary N) is 1. The Morgan fingerprint density at radius 1 is 0.532 bits per heavy atom. The molecule has 0 heterocycles. The van der Waals surface area contributed by atoms with E-state index in [1.807, 2.05) is 0 Å². The van der Waals surface area contributed by atoms with Crippen LogP contribution in [0.15, 0.2) is 12.2 Å². The van der Waals surface area contributed by atoms with Gasteiger partial charge >= 0.3 is 11.9 Å². The number of aliphatic carboxylic acids is 1. The van der Waals surface area contributed by atoms with Crippen molar-refractivity contribution in [1.82, 2.24) is 5.32 Å². The molecule has 0 radical (unpaired) electrons. The number of carboxylic acid groups (broad SMARTS) is 1. The fourth-order valence-corrected chi connectivity index (χ4v) is 6.16. The maximum atomic E-state index is 12.7. The van der Waals surface area contributed by atoms with Gasteiger partial charge in [0.25, 0.3) is 0 Å². The smallest absolute Gasteiger partial charge is 0.322 e. The second-order valence-corrected chi connectivity index (χ2v) is 13.9. The van der Waals surface area contributed by atoms with Crippen molar-refractivity contribution in [2.45, 2.75) is 225 Å². The zero-order valence-electron chi connectivity index (χ0n) is 31.1. The number of carbonyl (C=O) groups excluding carboxylic acids is 2. The summed E-state index contributed by atoms with van der Waals surface area (Å²) in [4.78, 5) is 34.9. The number of amides is 1. The first kappa shape index (κ1) is 45.2. The number of ether oxygens (including phenoxy) is 1. The Balaban J connectivity index is 4.03. The van der Waals surface area contributed by atoms with Gasteiger partial charge in [-0.15, -0.1) is 0 Å². The molecule has 0 aromatic rings. The highest BCUT2D eigenvalue weighted by Gasteiger charge is 2.14. The van der Waals surface area contributed by atoms with E-state index in [0.717, 1.165) is 64.2 Å². The van der Waals surface area contributed by atoms with E-state index in [1.165, 1.54) is 128 Å². The van der Waals surface area contributed by atoms with Crippen molar-refractivity contribution in [2.75, 3.05) is 6.54 Å². The predicted molar refractivity (Wildman–Crippen MR) is 199 cm³/mol. The third-order valence-electron chi connectivity index (χ3n) is 9.19. The molecule has 2 N–H and O–H groups in total. The highest BCUT2D eigenvalue weighted by atomic mass is 16.5. The van der Waals surface area contributed by atoms with Crippen LogP contribution in [0.25, 0.3) is 0 Å². The van der Waals surface area contributed by atoms with Crippen molar-refractivity contribution in [1.29, 1.82) is 0 Å². The van der Waals surface area contributed by atoms with Crippen LogP contribution in [0, 0.1) is 0 Å². The fraction of sp³-hybridized carbons (Fsp3) is 0.878. The van der Waals surface area contributed by atoms with Crippen molar-refractivity contribution in [3.05, 3.63) is 12.2 Å². The lowest BCUT2D eigenvalue weighted by Gasteiger charge is -2.18. The number of esters is 1. The molecule has 1 atom stereocenters. The van der Waals surface area contributed by atoms with E-state index in [1.54, 1.807) is 0 Å². The molecule has 0 aliphatic heterocycles. The van der Waals surface area contributed by atoms with Gasteiger partial charge in [0.1, 0.15) is 12.6 Å². The zero-order chi connectivity index (χ0) is 34.5. The van der Waals surface area contributed by atoms with Crippen molar-refractivity contribution in [3.8, 4) is 0 Å². The molecular formula is C41H77NO5. The molecule has 276 valence electrons. The normalized spacial score (nSPS) is 12.0. The highest BCUT2D eigenvalue weighted by Crippen LogP contribution is 2.19. The Kier molecular flexibility index (Phi) is 35.5. The van der Waals surface area contributed by atoms with Crippen molar-refractivity contribution >= 4 is 17.8 Å². The predicted octanol–water partition coefficient (Wildman–Crippen LogP) is 12.2. The molecule has 0 saturated carbocycles. The fourth-order valence-electron chi connectivity index (χ4n) is 6.16. The summed E-state index contributed by atoms with van der Waals surface area (Å²) >= 11 is 0. The molecule has 1 amide bonds. The van der Waals surface area contributed by atoms with Gasteiger partial charge in [0.05, 0.1) is 0 Å². The maximum Gasteiger partial charge on any atom is 0.322 e. The van der Waals surface area contributed by atoms with Crippen LogP contribution in [-0.2, 0) is 19.1 Å². The third kappa shape index (κ3) is 36.8. The summed E-state index contributed by atoms with van der Waals surface area (Å²) in [6.45, 7) is 4.22. The molecule has 0 saturated heterocycles. The molecule has 1 unspecified atom stereocenters. The lowest BCUT2D eigenvalue weighted by atomic mass is 10.0. The molecule has 0 fully saturated rings. The minimum Gasteiger partial charge on any atom is -0.480 e. The maximum absolute atomic E-state index is 12.7. The molecule has 0 aromatic carbocycles. The molecule has 0 aromatic heterocycles. The van der Waals surface area contributed by atoms with Gasteiger partial charge in [-0.25, -0.2) is 0 Å². The van der Waals surface area contributed by atoms with Gasteiger partial charge < -0.3 is 15.2 Å². The standard InChI is InChI=1S/C41H77NO5/c1-3-5-7-9-11-13-14-15-16-17-18-19-20-21-23-28-32-36-41(46)47-38(33-29-25-22-12-10-8-6-4-2)34-30-26-24-27-31-35-39(43)42-37-40(44)45/h15-16,38H,3-14,17-37H2,1-2H3,(H,42,43)(H,44,45)/b16-15-. The van der Waals surface area contributed by atoms with Crippen LogP contribution in [0.1, 0.15) is 219 Å². The second kappa shape index (κ2) is 37.0. The van der Waals surface area contributed by atoms with Crippen molar-refractivity contribution < 1.29 is 24.2 Å². The largest absolute Gasteiger partial charge is 0.480 e. The van der Waals surface area contributed by atoms with E-state index in [-0.39, 0.29) is 24.5 Å². The third-order valence-corrected chi connectivity index (χ3v) is 9.19. The van der Waals surface area contributed by atoms with Gasteiger partial charge in [0.15, 0.2) is 0 Å². The number of carbonyl (C=O) groups is 3. The van der Waals surface area contributed by atoms with Crippen LogP contribution < -0.4 is 5.32 Å². The van der Waals surface area contributed by atoms with E-state index < -0.39 is 5.97 Å². The zero-order valence-corrected chi connectivity index (χ0v) is 31.1. The molecule has 0 aliphatic carbocycles. The monoisotopic (exact) mass is 664 g/mol. The Hall–Kier alpha value is -1.85. The molecule has 0 bridgehead atoms. The van der Waals surface area contributed by atoms with Gasteiger partial charge in [0, 0.05) is 12.8 Å². The van der Waals surface area contributed by atoms with E-state index >= 15 is 0 Å². The number of hydrogen-bond donors (Lipinski definition) is 2. The van der Waals surface area contributed by atoms with Crippen LogP contribution in [0.2, 0.25) is 0 Å². The summed E-state index contributed by atoms with van der Waals surface area (Å²) < 4.78 is 6.00. The minimum atomic E-state index is -1.01. The first-order valence-electron chi connectivity index (χ1n) is 20.3. The lowest BCUT2D eigenvalue weighted by molar-refractivity contribution is -0.150. The summed E-state index contributed by atoms with van der Waals surface area (Å²) in [6.07, 6.45) is 41.9. The SMILES string of the molecule is CCCCCCCC/C=C\CCCCCCCCCC(=O)OC(CCCCCCCCCC)CCCCCCCC(=O)NCC(=O)O. The average molecular weight is 664 g/mol. The number of rotatable bonds is 37. The van der Waals surface area contributed by atoms with Crippen LogP contribution >= 0.6 is 0 Å². The summed E-state index contributed by atoms with van der Waals surface area (Å²) in [7, 11) is 0. The van der Waals surface area contributed by atoms with Gasteiger partial charge in [-0.1, -0.05) is 154 Å². The molecule has 6 nitrogen and oxygen atoms in total. The first-order valence-corrected chi connectivity index (χ1v) is 20.3. The molecule has 0 spiro atoms. The number of hydrogen-bond acceptors (Lipinski definition) is 4. The quantitative estimate of drug-likeness (QED) is 0.0392. The lowest BCUT2D eigenvalue weighted by Crippen LogP contribution is -2.28. The number of carboxylic acids is 1. The van der Waals surface area contributed by atoms with E-state index in [4.69, 9.17) is 9.84 Å². The summed E-state index contributed by atoms with van der Waals surface area (Å²) in [5.74, 6) is -1.23. The van der Waals surface area contributed by atoms with E-state index in [2.05, 4.69) is 31.3 Å². The van der Waals surface area contributed by atoms with Gasteiger partial charge in [-0.2, -0.15) is 0 Å². The molecule has 47 heavy (non-hydrogen) atoms. The van der Waals surface area contributed by atoms with Gasteiger partial charge in [-0.3, -0.25) is 14.4 Å². The van der Waals surface area contributed by atoms with Crippen molar-refractivity contribution in [2.24, 2.45) is 0 Å². The van der Waals surface area contributed by atoms with E-state index in [0.29, 0.717) is 12.8 Å². The topological polar surface area (TPSA) is 92.7 Å². The molecule has 0 aliphatic rings. The number of unbranched alkanes of at least 4 members (excludes halogenated alkanes) is 24. The van der Waals surface area contributed by atoms with Gasteiger partial charge in [0.2, 0.25) is 5.91 Å². The Bertz CT molecular complexity index is 737. The van der Waals surface area contributed by atoms with Crippen LogP contribution in [-0.4, -0.2) is 35.6 Å². The Morgan fingerprint density at radius 3 is 1.36 bits per heavy atom. The Morgan fingerprint density at radius 2 is 0.915 bits per heavy atom. The van der Waals surface area contributed by atoms with Crippen LogP contribution in [0.3, 0.4) is 0 Å². The molecule has 6 heteroatoms. The summed E-state index contributed by atoms with van der Waals surface area (Å²) in [6, 6.07) is 0. The van der Waals surface area contributed by atoms with Gasteiger partial charge in [-0.05, 0) is 64.2 Å². The number of allylic oxidation sites excluding steroid dienone is 2.